The molecule has 0 unspecified atom stereocenters. The van der Waals surface area contributed by atoms with Gasteiger partial charge in [0.15, 0.2) is 0 Å². The van der Waals surface area contributed by atoms with Crippen LogP contribution in [-0.4, -0.2) is 24.2 Å². The Morgan fingerprint density at radius 3 is 2.76 bits per heavy atom. The number of hydrogen-bond acceptors (Lipinski definition) is 3. The van der Waals surface area contributed by atoms with E-state index in [4.69, 9.17) is 22.7 Å². The highest BCUT2D eigenvalue weighted by Crippen LogP contribution is 2.21. The molecule has 0 aromatic heterocycles. The van der Waals surface area contributed by atoms with E-state index in [0.717, 1.165) is 22.3 Å². The third kappa shape index (κ3) is 5.02. The van der Waals surface area contributed by atoms with Crippen molar-refractivity contribution in [1.29, 1.82) is 0 Å². The Balaban J connectivity index is 2.50. The molecule has 17 heavy (non-hydrogen) atoms. The minimum atomic E-state index is 0.264. The van der Waals surface area contributed by atoms with Gasteiger partial charge in [0.1, 0.15) is 4.99 Å². The van der Waals surface area contributed by atoms with E-state index in [2.05, 4.69) is 21.2 Å². The fraction of sp³-hybridized carbons (Fsp3) is 0.417. The van der Waals surface area contributed by atoms with Gasteiger partial charge in [-0.1, -0.05) is 12.2 Å². The maximum Gasteiger partial charge on any atom is 0.105 e. The summed E-state index contributed by atoms with van der Waals surface area (Å²) in [4.78, 5) is 0.395. The predicted molar refractivity (Wildman–Crippen MR) is 79.6 cm³/mol. The molecule has 0 radical (unpaired) electrons. The third-order valence-electron chi connectivity index (χ3n) is 2.12. The third-order valence-corrected chi connectivity index (χ3v) is 2.99. The molecule has 5 heteroatoms. The zero-order valence-electron chi connectivity index (χ0n) is 10.00. The van der Waals surface area contributed by atoms with Gasteiger partial charge in [-0.25, -0.2) is 0 Å². The summed E-state index contributed by atoms with van der Waals surface area (Å²) in [7, 11) is 0. The first-order valence-electron chi connectivity index (χ1n) is 5.45. The van der Waals surface area contributed by atoms with Crippen LogP contribution in [0.4, 0.5) is 5.69 Å². The van der Waals surface area contributed by atoms with Crippen LogP contribution < -0.4 is 11.1 Å². The number of hydrogen-bond donors (Lipinski definition) is 2. The van der Waals surface area contributed by atoms with Crippen LogP contribution in [0.3, 0.4) is 0 Å². The lowest BCUT2D eigenvalue weighted by molar-refractivity contribution is 0.0870. The van der Waals surface area contributed by atoms with Crippen molar-refractivity contribution < 1.29 is 4.74 Å². The molecule has 0 heterocycles. The van der Waals surface area contributed by atoms with Crippen LogP contribution in [0.25, 0.3) is 0 Å². The Bertz CT molecular complexity index is 396. The number of nitrogens with two attached hydrogens (primary N) is 1. The molecule has 0 saturated carbocycles. The molecule has 0 aliphatic heterocycles. The van der Waals surface area contributed by atoms with Crippen molar-refractivity contribution in [1.82, 2.24) is 0 Å². The topological polar surface area (TPSA) is 47.3 Å². The summed E-state index contributed by atoms with van der Waals surface area (Å²) in [5.74, 6) is 0. The van der Waals surface area contributed by atoms with Gasteiger partial charge in [0, 0.05) is 22.3 Å². The highest BCUT2D eigenvalue weighted by molar-refractivity contribution is 9.10. The monoisotopic (exact) mass is 316 g/mol. The zero-order valence-corrected chi connectivity index (χ0v) is 12.4. The maximum absolute atomic E-state index is 5.58. The molecule has 0 bridgehead atoms. The van der Waals surface area contributed by atoms with Crippen LogP contribution in [0.15, 0.2) is 22.7 Å². The van der Waals surface area contributed by atoms with Gasteiger partial charge in [-0.05, 0) is 48.0 Å². The minimum Gasteiger partial charge on any atom is -0.389 e. The average Bonchev–Trinajstić information content (AvgIpc) is 2.23. The second kappa shape index (κ2) is 6.93. The van der Waals surface area contributed by atoms with Gasteiger partial charge in [0.05, 0.1) is 12.7 Å². The molecule has 0 aliphatic carbocycles. The number of benzene rings is 1. The lowest BCUT2D eigenvalue weighted by Gasteiger charge is -2.11. The smallest absolute Gasteiger partial charge is 0.105 e. The summed E-state index contributed by atoms with van der Waals surface area (Å²) in [6.45, 7) is 5.50. The zero-order chi connectivity index (χ0) is 12.8. The van der Waals surface area contributed by atoms with Crippen LogP contribution in [0.2, 0.25) is 0 Å². The summed E-state index contributed by atoms with van der Waals surface area (Å²) in [6.07, 6.45) is 0.264. The number of thiocarbonyl (C=S) groups is 1. The Morgan fingerprint density at radius 2 is 2.24 bits per heavy atom. The van der Waals surface area contributed by atoms with Crippen molar-refractivity contribution in [2.75, 3.05) is 18.5 Å². The molecule has 0 aliphatic rings. The van der Waals surface area contributed by atoms with Crippen LogP contribution in [-0.2, 0) is 4.74 Å². The second-order valence-corrected chi connectivity index (χ2v) is 5.20. The molecule has 1 aromatic carbocycles. The van der Waals surface area contributed by atoms with Gasteiger partial charge >= 0.3 is 0 Å². The molecule has 0 amide bonds. The van der Waals surface area contributed by atoms with Gasteiger partial charge in [0.25, 0.3) is 0 Å². The van der Waals surface area contributed by atoms with Crippen LogP contribution >= 0.6 is 28.1 Å². The molecule has 0 spiro atoms. The number of ether oxygens (including phenoxy) is 1. The van der Waals surface area contributed by atoms with E-state index in [1.165, 1.54) is 0 Å². The molecule has 0 atom stereocenters. The molecule has 1 rings (SSSR count). The first kappa shape index (κ1) is 14.4. The van der Waals surface area contributed by atoms with Gasteiger partial charge in [-0.15, -0.1) is 0 Å². The van der Waals surface area contributed by atoms with Crippen LogP contribution in [0.1, 0.15) is 19.4 Å². The molecule has 0 saturated heterocycles. The Morgan fingerprint density at radius 1 is 1.53 bits per heavy atom. The van der Waals surface area contributed by atoms with Crippen molar-refractivity contribution in [3.63, 3.8) is 0 Å². The Hall–Kier alpha value is -0.650. The highest BCUT2D eigenvalue weighted by Gasteiger charge is 2.03. The summed E-state index contributed by atoms with van der Waals surface area (Å²) in [6, 6.07) is 5.82. The van der Waals surface area contributed by atoms with Gasteiger partial charge in [-0.2, -0.15) is 0 Å². The maximum atomic E-state index is 5.58. The van der Waals surface area contributed by atoms with Crippen LogP contribution in [0, 0.1) is 0 Å². The molecule has 0 fully saturated rings. The number of halogens is 1. The van der Waals surface area contributed by atoms with E-state index in [1.807, 2.05) is 32.0 Å². The largest absolute Gasteiger partial charge is 0.389 e. The fourth-order valence-corrected chi connectivity index (χ4v) is 2.22. The number of anilines is 1. The lowest BCUT2D eigenvalue weighted by Crippen LogP contribution is -2.14. The Labute approximate surface area is 116 Å². The SMILES string of the molecule is CC(C)OCCNc1ccc(C(N)=S)c(Br)c1. The van der Waals surface area contributed by atoms with E-state index in [0.29, 0.717) is 11.6 Å². The fourth-order valence-electron chi connectivity index (χ4n) is 1.31. The summed E-state index contributed by atoms with van der Waals surface area (Å²) >= 11 is 8.38. The number of nitrogens with one attached hydrogen (secondary N) is 1. The molecule has 3 N–H and O–H groups in total. The van der Waals surface area contributed by atoms with Gasteiger partial charge < -0.3 is 15.8 Å². The van der Waals surface area contributed by atoms with E-state index < -0.39 is 0 Å². The average molecular weight is 317 g/mol. The standard InChI is InChI=1S/C12H17BrN2OS/c1-8(2)16-6-5-15-9-3-4-10(12(14)17)11(13)7-9/h3-4,7-8,15H,5-6H2,1-2H3,(H2,14,17). The van der Waals surface area contributed by atoms with E-state index in [1.54, 1.807) is 0 Å². The van der Waals surface area contributed by atoms with Crippen molar-refractivity contribution >= 4 is 38.8 Å². The first-order valence-corrected chi connectivity index (χ1v) is 6.65. The quantitative estimate of drug-likeness (QED) is 0.626. The molecular formula is C12H17BrN2OS. The molecular weight excluding hydrogens is 300 g/mol. The Kier molecular flexibility index (Phi) is 5.88. The van der Waals surface area contributed by atoms with Crippen molar-refractivity contribution in [3.8, 4) is 0 Å². The van der Waals surface area contributed by atoms with Crippen molar-refractivity contribution in [3.05, 3.63) is 28.2 Å². The molecule has 3 nitrogen and oxygen atoms in total. The summed E-state index contributed by atoms with van der Waals surface area (Å²) in [5, 5.41) is 3.27. The van der Waals surface area contributed by atoms with E-state index in [9.17, 15) is 0 Å². The van der Waals surface area contributed by atoms with Crippen molar-refractivity contribution in [2.24, 2.45) is 5.73 Å². The normalized spacial score (nSPS) is 10.6. The van der Waals surface area contributed by atoms with E-state index in [-0.39, 0.29) is 6.10 Å². The first-order chi connectivity index (χ1) is 8.00. The molecule has 1 aromatic rings. The van der Waals surface area contributed by atoms with Crippen LogP contribution in [0.5, 0.6) is 0 Å². The lowest BCUT2D eigenvalue weighted by atomic mass is 10.2. The second-order valence-electron chi connectivity index (χ2n) is 3.91. The summed E-state index contributed by atoms with van der Waals surface area (Å²) in [5.41, 5.74) is 7.45. The summed E-state index contributed by atoms with van der Waals surface area (Å²) < 4.78 is 6.34. The van der Waals surface area contributed by atoms with Crippen molar-refractivity contribution in [2.45, 2.75) is 20.0 Å². The highest BCUT2D eigenvalue weighted by atomic mass is 79.9. The number of rotatable bonds is 6. The van der Waals surface area contributed by atoms with Gasteiger partial charge in [0.2, 0.25) is 0 Å². The molecule has 94 valence electrons. The predicted octanol–water partition coefficient (Wildman–Crippen LogP) is 2.92. The minimum absolute atomic E-state index is 0.264. The van der Waals surface area contributed by atoms with E-state index >= 15 is 0 Å². The van der Waals surface area contributed by atoms with Gasteiger partial charge in [-0.3, -0.25) is 0 Å².